The molecule has 0 aliphatic rings. The maximum Gasteiger partial charge on any atom is 0.165 e. The predicted octanol–water partition coefficient (Wildman–Crippen LogP) is 2.42. The van der Waals surface area contributed by atoms with Crippen molar-refractivity contribution in [2.24, 2.45) is 0 Å². The molecule has 0 atom stereocenters. The van der Waals surface area contributed by atoms with Gasteiger partial charge in [0.2, 0.25) is 0 Å². The number of benzene rings is 1. The molecule has 0 bridgehead atoms. The van der Waals surface area contributed by atoms with Crippen LogP contribution in [0.25, 0.3) is 11.2 Å². The third-order valence-corrected chi connectivity index (χ3v) is 3.41. The van der Waals surface area contributed by atoms with E-state index in [0.717, 1.165) is 11.2 Å². The van der Waals surface area contributed by atoms with Crippen LogP contribution in [-0.4, -0.2) is 25.3 Å². The molecule has 0 saturated carbocycles. The fourth-order valence-electron chi connectivity index (χ4n) is 2.23. The molecule has 0 radical (unpaired) electrons. The van der Waals surface area contributed by atoms with Crippen LogP contribution in [0.15, 0.2) is 43.0 Å². The zero-order valence-electron chi connectivity index (χ0n) is 12.4. The van der Waals surface area contributed by atoms with E-state index in [4.69, 9.17) is 0 Å². The average Bonchev–Trinajstić information content (AvgIpc) is 2.95. The summed E-state index contributed by atoms with van der Waals surface area (Å²) in [4.78, 5) is 24.0. The summed E-state index contributed by atoms with van der Waals surface area (Å²) < 4.78 is 1.88. The number of fused-ring (bicyclic) bond motifs is 1. The van der Waals surface area contributed by atoms with Gasteiger partial charge in [0.25, 0.3) is 0 Å². The van der Waals surface area contributed by atoms with Gasteiger partial charge >= 0.3 is 0 Å². The normalized spacial score (nSPS) is 10.8. The molecule has 0 aliphatic carbocycles. The molecule has 0 fully saturated rings. The van der Waals surface area contributed by atoms with E-state index >= 15 is 0 Å². The van der Waals surface area contributed by atoms with Gasteiger partial charge < -0.3 is 9.88 Å². The third-order valence-electron chi connectivity index (χ3n) is 3.41. The fraction of sp³-hybridized carbons (Fsp3) is 0.250. The van der Waals surface area contributed by atoms with Crippen molar-refractivity contribution in [2.75, 3.05) is 5.32 Å². The first kappa shape index (κ1) is 14.2. The van der Waals surface area contributed by atoms with Crippen molar-refractivity contribution < 1.29 is 4.79 Å². The Kier molecular flexibility index (Phi) is 4.09. The Morgan fingerprint density at radius 2 is 2.00 bits per heavy atom. The van der Waals surface area contributed by atoms with Crippen LogP contribution in [0.3, 0.4) is 0 Å². The number of anilines is 1. The Morgan fingerprint density at radius 3 is 2.77 bits per heavy atom. The van der Waals surface area contributed by atoms with Gasteiger partial charge in [0, 0.05) is 19.5 Å². The highest BCUT2D eigenvalue weighted by atomic mass is 16.1. The summed E-state index contributed by atoms with van der Waals surface area (Å²) in [7, 11) is 0. The molecule has 0 unspecified atom stereocenters. The van der Waals surface area contributed by atoms with Crippen LogP contribution >= 0.6 is 0 Å². The molecular formula is C16H17N5O. The minimum absolute atomic E-state index is 0.151. The standard InChI is InChI=1S/C16H17N5O/c1-12(22)7-8-21-11-20-14-15(18-10-19-16(14)21)17-9-13-5-3-2-4-6-13/h2-6,10-11H,7-9H2,1H3,(H,17,18,19). The van der Waals surface area contributed by atoms with Gasteiger partial charge in [0.1, 0.15) is 17.6 Å². The van der Waals surface area contributed by atoms with Crippen molar-refractivity contribution in [3.63, 3.8) is 0 Å². The van der Waals surface area contributed by atoms with Crippen LogP contribution < -0.4 is 5.32 Å². The van der Waals surface area contributed by atoms with Crippen LogP contribution in [0.5, 0.6) is 0 Å². The lowest BCUT2D eigenvalue weighted by Crippen LogP contribution is -2.04. The first-order chi connectivity index (χ1) is 10.7. The van der Waals surface area contributed by atoms with E-state index in [2.05, 4.69) is 32.4 Å². The largest absolute Gasteiger partial charge is 0.364 e. The molecule has 0 saturated heterocycles. The van der Waals surface area contributed by atoms with Gasteiger partial charge in [0.05, 0.1) is 6.33 Å². The highest BCUT2D eigenvalue weighted by molar-refractivity contribution is 5.82. The topological polar surface area (TPSA) is 72.7 Å². The minimum atomic E-state index is 0.151. The molecule has 2 aromatic heterocycles. The molecule has 112 valence electrons. The number of Topliss-reactive ketones (excluding diaryl/α,β-unsaturated/α-hetero) is 1. The summed E-state index contributed by atoms with van der Waals surface area (Å²) in [6, 6.07) is 10.1. The number of aromatic nitrogens is 4. The average molecular weight is 295 g/mol. The van der Waals surface area contributed by atoms with Gasteiger partial charge in [-0.05, 0) is 12.5 Å². The number of hydrogen-bond donors (Lipinski definition) is 1. The number of aryl methyl sites for hydroxylation is 1. The van der Waals surface area contributed by atoms with Crippen LogP contribution in [0.2, 0.25) is 0 Å². The van der Waals surface area contributed by atoms with Crippen molar-refractivity contribution >= 4 is 22.8 Å². The van der Waals surface area contributed by atoms with Gasteiger partial charge in [-0.3, -0.25) is 4.79 Å². The highest BCUT2D eigenvalue weighted by Gasteiger charge is 2.10. The predicted molar refractivity (Wildman–Crippen MR) is 84.4 cm³/mol. The van der Waals surface area contributed by atoms with E-state index in [1.807, 2.05) is 22.8 Å². The summed E-state index contributed by atoms with van der Waals surface area (Å²) in [5, 5.41) is 3.29. The molecular weight excluding hydrogens is 278 g/mol. The lowest BCUT2D eigenvalue weighted by molar-refractivity contribution is -0.117. The second kappa shape index (κ2) is 6.34. The van der Waals surface area contributed by atoms with E-state index in [1.165, 1.54) is 11.9 Å². The zero-order chi connectivity index (χ0) is 15.4. The molecule has 6 heteroatoms. The van der Waals surface area contributed by atoms with Gasteiger partial charge in [-0.15, -0.1) is 0 Å². The lowest BCUT2D eigenvalue weighted by Gasteiger charge is -2.06. The van der Waals surface area contributed by atoms with E-state index < -0.39 is 0 Å². The fourth-order valence-corrected chi connectivity index (χ4v) is 2.23. The van der Waals surface area contributed by atoms with Crippen molar-refractivity contribution in [1.29, 1.82) is 0 Å². The monoisotopic (exact) mass is 295 g/mol. The summed E-state index contributed by atoms with van der Waals surface area (Å²) in [5.74, 6) is 0.855. The molecule has 3 aromatic rings. The van der Waals surface area contributed by atoms with Crippen molar-refractivity contribution in [2.45, 2.75) is 26.4 Å². The van der Waals surface area contributed by atoms with Crippen molar-refractivity contribution in [1.82, 2.24) is 19.5 Å². The first-order valence-corrected chi connectivity index (χ1v) is 7.17. The van der Waals surface area contributed by atoms with Crippen LogP contribution in [-0.2, 0) is 17.9 Å². The number of nitrogens with one attached hydrogen (secondary N) is 1. The van der Waals surface area contributed by atoms with Crippen LogP contribution in [0, 0.1) is 0 Å². The van der Waals surface area contributed by atoms with Gasteiger partial charge in [-0.2, -0.15) is 0 Å². The quantitative estimate of drug-likeness (QED) is 0.756. The van der Waals surface area contributed by atoms with Gasteiger partial charge in [-0.1, -0.05) is 30.3 Å². The van der Waals surface area contributed by atoms with Gasteiger partial charge in [-0.25, -0.2) is 15.0 Å². The highest BCUT2D eigenvalue weighted by Crippen LogP contribution is 2.18. The second-order valence-electron chi connectivity index (χ2n) is 5.12. The number of carbonyl (C=O) groups excluding carboxylic acids is 1. The number of ketones is 1. The smallest absolute Gasteiger partial charge is 0.165 e. The van der Waals surface area contributed by atoms with Crippen LogP contribution in [0.4, 0.5) is 5.82 Å². The number of carbonyl (C=O) groups is 1. The molecule has 1 N–H and O–H groups in total. The Labute approximate surface area is 128 Å². The number of nitrogens with zero attached hydrogens (tertiary/aromatic N) is 4. The second-order valence-corrected chi connectivity index (χ2v) is 5.12. The summed E-state index contributed by atoms with van der Waals surface area (Å²) in [5.41, 5.74) is 2.64. The van der Waals surface area contributed by atoms with Gasteiger partial charge in [0.15, 0.2) is 11.5 Å². The summed E-state index contributed by atoms with van der Waals surface area (Å²) in [6.45, 7) is 2.84. The molecule has 0 spiro atoms. The zero-order valence-corrected chi connectivity index (χ0v) is 12.4. The first-order valence-electron chi connectivity index (χ1n) is 7.17. The van der Waals surface area contributed by atoms with Crippen LogP contribution in [0.1, 0.15) is 18.9 Å². The summed E-state index contributed by atoms with van der Waals surface area (Å²) in [6.07, 6.45) is 3.69. The molecule has 1 aromatic carbocycles. The molecule has 0 amide bonds. The Balaban J connectivity index is 1.80. The molecule has 6 nitrogen and oxygen atoms in total. The SMILES string of the molecule is CC(=O)CCn1cnc2c(NCc3ccccc3)ncnc21. The van der Waals surface area contributed by atoms with Crippen molar-refractivity contribution in [3.8, 4) is 0 Å². The Morgan fingerprint density at radius 1 is 1.18 bits per heavy atom. The Bertz CT molecular complexity index is 782. The molecule has 3 rings (SSSR count). The number of hydrogen-bond acceptors (Lipinski definition) is 5. The van der Waals surface area contributed by atoms with E-state index in [1.54, 1.807) is 13.3 Å². The lowest BCUT2D eigenvalue weighted by atomic mass is 10.2. The minimum Gasteiger partial charge on any atom is -0.364 e. The molecule has 0 aliphatic heterocycles. The van der Waals surface area contributed by atoms with E-state index in [0.29, 0.717) is 25.3 Å². The van der Waals surface area contributed by atoms with E-state index in [-0.39, 0.29) is 5.78 Å². The third kappa shape index (κ3) is 3.11. The molecule has 22 heavy (non-hydrogen) atoms. The number of rotatable bonds is 6. The van der Waals surface area contributed by atoms with E-state index in [9.17, 15) is 4.79 Å². The molecule has 2 heterocycles. The maximum absolute atomic E-state index is 11.1. The summed E-state index contributed by atoms with van der Waals surface area (Å²) >= 11 is 0. The van der Waals surface area contributed by atoms with Crippen molar-refractivity contribution in [3.05, 3.63) is 48.5 Å². The maximum atomic E-state index is 11.1. The number of imidazole rings is 1. The Hall–Kier alpha value is -2.76.